The van der Waals surface area contributed by atoms with Gasteiger partial charge >= 0.3 is 5.91 Å². The lowest BCUT2D eigenvalue weighted by atomic mass is 9.93. The Morgan fingerprint density at radius 2 is 2.00 bits per heavy atom. The van der Waals surface area contributed by atoms with Crippen molar-refractivity contribution < 1.29 is 23.6 Å². The van der Waals surface area contributed by atoms with Gasteiger partial charge in [-0.2, -0.15) is 0 Å². The number of thioether (sulfide) groups is 1. The van der Waals surface area contributed by atoms with E-state index in [4.69, 9.17) is 10.1 Å². The van der Waals surface area contributed by atoms with E-state index in [-0.39, 0.29) is 16.5 Å². The minimum atomic E-state index is -0.865. The third kappa shape index (κ3) is 5.19. The average Bonchev–Trinajstić information content (AvgIpc) is 2.80. The molecule has 170 valence electrons. The second-order valence-corrected chi connectivity index (χ2v) is 9.72. The molecule has 0 spiro atoms. The molecular formula is C24H28F2N3O2S+. The maximum absolute atomic E-state index is 14.4. The molecule has 4 rings (SSSR count). The zero-order valence-electron chi connectivity index (χ0n) is 17.8. The van der Waals surface area contributed by atoms with Gasteiger partial charge in [0.05, 0.1) is 25.0 Å². The second-order valence-electron chi connectivity index (χ2n) is 8.38. The van der Waals surface area contributed by atoms with Gasteiger partial charge in [-0.15, -0.1) is 0 Å². The smallest absolute Gasteiger partial charge is 0.311 e. The quantitative estimate of drug-likeness (QED) is 0.350. The Morgan fingerprint density at radius 1 is 1.22 bits per heavy atom. The van der Waals surface area contributed by atoms with Crippen LogP contribution in [0.1, 0.15) is 43.2 Å². The molecule has 2 aromatic carbocycles. The van der Waals surface area contributed by atoms with Crippen molar-refractivity contribution in [2.24, 2.45) is 5.92 Å². The van der Waals surface area contributed by atoms with Crippen molar-refractivity contribution in [3.63, 3.8) is 0 Å². The number of hydrogen-bond donors (Lipinski definition) is 3. The van der Waals surface area contributed by atoms with Gasteiger partial charge in [-0.25, -0.2) is 13.6 Å². The summed E-state index contributed by atoms with van der Waals surface area (Å²) in [4.78, 5) is 12.2. The summed E-state index contributed by atoms with van der Waals surface area (Å²) in [6, 6.07) is 10.5. The maximum atomic E-state index is 14.4. The number of nitrogens with one attached hydrogen (secondary N) is 2. The van der Waals surface area contributed by atoms with Crippen LogP contribution in [0.2, 0.25) is 0 Å². The molecule has 1 fully saturated rings. The highest BCUT2D eigenvalue weighted by atomic mass is 32.2. The van der Waals surface area contributed by atoms with E-state index in [0.717, 1.165) is 67.9 Å². The number of benzene rings is 2. The van der Waals surface area contributed by atoms with Crippen LogP contribution in [0.3, 0.4) is 0 Å². The molecule has 32 heavy (non-hydrogen) atoms. The minimum absolute atomic E-state index is 0.0141. The van der Waals surface area contributed by atoms with E-state index < -0.39 is 16.5 Å². The van der Waals surface area contributed by atoms with Crippen LogP contribution in [0.5, 0.6) is 5.75 Å². The largest absolute Gasteiger partial charge is 0.493 e. The van der Waals surface area contributed by atoms with Crippen LogP contribution in [-0.2, 0) is 9.67 Å². The number of primary amides is 1. The molecular weight excluding hydrogens is 432 g/mol. The Kier molecular flexibility index (Phi) is 7.23. The Hall–Kier alpha value is -2.29. The summed E-state index contributed by atoms with van der Waals surface area (Å²) in [5.41, 5.74) is 0.682. The van der Waals surface area contributed by atoms with Crippen molar-refractivity contribution in [1.82, 2.24) is 5.32 Å². The number of quaternary nitrogens is 1. The highest BCUT2D eigenvalue weighted by Gasteiger charge is 2.45. The molecule has 1 amide bonds. The van der Waals surface area contributed by atoms with Gasteiger partial charge in [0.25, 0.3) is 0 Å². The number of piperidine rings is 1. The molecule has 5 nitrogen and oxygen atoms in total. The Morgan fingerprint density at radius 3 is 2.81 bits per heavy atom. The molecule has 0 radical (unpaired) electrons. The van der Waals surface area contributed by atoms with Crippen LogP contribution in [0.25, 0.3) is 0 Å². The van der Waals surface area contributed by atoms with Crippen LogP contribution in [0.15, 0.2) is 42.5 Å². The van der Waals surface area contributed by atoms with Gasteiger partial charge in [-0.05, 0) is 80.4 Å². The first-order chi connectivity index (χ1) is 15.5. The highest BCUT2D eigenvalue weighted by molar-refractivity contribution is 8.14. The zero-order chi connectivity index (χ0) is 22.6. The molecule has 1 saturated heterocycles. The lowest BCUT2D eigenvalue weighted by Gasteiger charge is -2.35. The van der Waals surface area contributed by atoms with Gasteiger partial charge in [0, 0.05) is 5.56 Å². The Balaban J connectivity index is 1.57. The topological polar surface area (TPSA) is 78.8 Å². The number of halogens is 2. The lowest BCUT2D eigenvalue weighted by molar-refractivity contribution is -0.630. The van der Waals surface area contributed by atoms with Crippen LogP contribution in [0, 0.1) is 23.0 Å². The number of para-hydroxylation sites is 1. The van der Waals surface area contributed by atoms with Crippen molar-refractivity contribution >= 4 is 22.7 Å². The maximum Gasteiger partial charge on any atom is 0.311 e. The molecule has 0 bridgehead atoms. The highest BCUT2D eigenvalue weighted by Crippen LogP contribution is 2.43. The fraction of sp³-hybridized carbons (Fsp3) is 0.417. The molecule has 4 N–H and O–H groups in total. The fourth-order valence-electron chi connectivity index (χ4n) is 4.43. The van der Waals surface area contributed by atoms with Gasteiger partial charge in [0.15, 0.2) is 4.87 Å². The molecule has 1 unspecified atom stereocenters. The Bertz CT molecular complexity index is 997. The summed E-state index contributed by atoms with van der Waals surface area (Å²) in [5, 5.41) is 13.5. The van der Waals surface area contributed by atoms with Crippen LogP contribution < -0.4 is 15.4 Å². The number of fused-ring (bicyclic) bond motifs is 1. The molecule has 8 heteroatoms. The summed E-state index contributed by atoms with van der Waals surface area (Å²) in [6.07, 6.45) is 3.90. The number of carbonyl (C=O) groups is 1. The molecule has 1 atom stereocenters. The van der Waals surface area contributed by atoms with Crippen LogP contribution in [-0.4, -0.2) is 30.6 Å². The average molecular weight is 461 g/mol. The summed E-state index contributed by atoms with van der Waals surface area (Å²) < 4.78 is 33.9. The lowest BCUT2D eigenvalue weighted by Crippen LogP contribution is -2.97. The Labute approximate surface area is 190 Å². The van der Waals surface area contributed by atoms with Crippen LogP contribution >= 0.6 is 11.8 Å². The fourth-order valence-corrected chi connectivity index (χ4v) is 5.72. The van der Waals surface area contributed by atoms with Gasteiger partial charge in [-0.1, -0.05) is 12.1 Å². The third-order valence-corrected chi connectivity index (χ3v) is 7.51. The van der Waals surface area contributed by atoms with Crippen LogP contribution in [0.4, 0.5) is 8.78 Å². The summed E-state index contributed by atoms with van der Waals surface area (Å²) >= 11 is 1.09. The van der Waals surface area contributed by atoms with E-state index in [0.29, 0.717) is 31.1 Å². The first kappa shape index (κ1) is 22.9. The molecule has 2 aliphatic rings. The van der Waals surface area contributed by atoms with Gasteiger partial charge in [0.1, 0.15) is 22.4 Å². The predicted molar refractivity (Wildman–Crippen MR) is 121 cm³/mol. The first-order valence-electron chi connectivity index (χ1n) is 11.0. The standard InChI is InChI=1S/C24H27F2N3O2S/c25-17-6-7-20(26)18(15-17)23(27)32-24(11-14-31-21-4-2-1-3-19(21)24)29-22(30)8-5-16-9-12-28-13-10-16/h1-4,6-7,15-16,27-28H,5,8-14H2,(H,29,30)/p+1. The predicted octanol–water partition coefficient (Wildman–Crippen LogP) is 3.53. The SMILES string of the molecule is N=C(SC1([NH2+]C(=O)CCC2CCNCC2)CCOc2ccccc21)c1cc(F)ccc1F. The molecule has 0 aliphatic carbocycles. The van der Waals surface area contributed by atoms with E-state index in [2.05, 4.69) is 5.32 Å². The number of nitrogens with two attached hydrogens (primary N) is 1. The summed E-state index contributed by atoms with van der Waals surface area (Å²) in [5.74, 6) is -0.0490. The van der Waals surface area contributed by atoms with Crippen molar-refractivity contribution in [2.45, 2.75) is 37.0 Å². The summed E-state index contributed by atoms with van der Waals surface area (Å²) in [6.45, 7) is 2.36. The van der Waals surface area contributed by atoms with E-state index in [1.54, 1.807) is 5.32 Å². The van der Waals surface area contributed by atoms with Gasteiger partial charge < -0.3 is 10.1 Å². The van der Waals surface area contributed by atoms with E-state index in [1.807, 2.05) is 24.3 Å². The van der Waals surface area contributed by atoms with Gasteiger partial charge in [-0.3, -0.25) is 10.7 Å². The van der Waals surface area contributed by atoms with Crippen molar-refractivity contribution in [3.8, 4) is 5.75 Å². The third-order valence-electron chi connectivity index (χ3n) is 6.18. The molecule has 2 aliphatic heterocycles. The van der Waals surface area contributed by atoms with E-state index >= 15 is 0 Å². The molecule has 0 saturated carbocycles. The number of hydrogen-bond acceptors (Lipinski definition) is 5. The minimum Gasteiger partial charge on any atom is -0.493 e. The van der Waals surface area contributed by atoms with E-state index in [9.17, 15) is 13.6 Å². The van der Waals surface area contributed by atoms with Crippen molar-refractivity contribution in [2.75, 3.05) is 19.7 Å². The second kappa shape index (κ2) is 10.1. The first-order valence-corrected chi connectivity index (χ1v) is 11.8. The number of ether oxygens (including phenoxy) is 1. The summed E-state index contributed by atoms with van der Waals surface area (Å²) in [7, 11) is 0. The number of carbonyl (C=O) groups excluding carboxylic acids is 1. The normalized spacial score (nSPS) is 20.9. The monoisotopic (exact) mass is 460 g/mol. The molecule has 2 aromatic rings. The van der Waals surface area contributed by atoms with Gasteiger partial charge in [0.2, 0.25) is 0 Å². The van der Waals surface area contributed by atoms with Crippen molar-refractivity contribution in [3.05, 3.63) is 65.2 Å². The van der Waals surface area contributed by atoms with E-state index in [1.165, 1.54) is 0 Å². The molecule has 2 heterocycles. The number of rotatable bonds is 6. The zero-order valence-corrected chi connectivity index (χ0v) is 18.7. The number of amides is 1. The molecule has 0 aromatic heterocycles. The van der Waals surface area contributed by atoms with Crippen molar-refractivity contribution in [1.29, 1.82) is 5.41 Å².